The molecule has 1 aliphatic heterocycles. The maximum Gasteiger partial charge on any atom is 0.341 e. The van der Waals surface area contributed by atoms with Gasteiger partial charge in [0.2, 0.25) is 11.8 Å². The summed E-state index contributed by atoms with van der Waals surface area (Å²) in [4.78, 5) is 38.8. The standard InChI is InChI=1S/C16H19NO4S/c1-3-21-16(20)14-10-5-4-9(2)8-11(10)22-15(14)17-12(18)6-7-13(17)19/h9H,3-8H2,1-2H3. The molecule has 2 amide bonds. The number of hydrogen-bond donors (Lipinski definition) is 0. The van der Waals surface area contributed by atoms with Crippen molar-refractivity contribution in [3.05, 3.63) is 16.0 Å². The van der Waals surface area contributed by atoms with Crippen molar-refractivity contribution in [3.8, 4) is 0 Å². The summed E-state index contributed by atoms with van der Waals surface area (Å²) in [5.41, 5.74) is 1.42. The van der Waals surface area contributed by atoms with Crippen LogP contribution in [0.3, 0.4) is 0 Å². The van der Waals surface area contributed by atoms with Crippen molar-refractivity contribution in [3.63, 3.8) is 0 Å². The number of carbonyl (C=O) groups is 3. The molecule has 1 unspecified atom stereocenters. The molecule has 1 aromatic rings. The van der Waals surface area contributed by atoms with Gasteiger partial charge < -0.3 is 4.74 Å². The third-order valence-electron chi connectivity index (χ3n) is 4.23. The quantitative estimate of drug-likeness (QED) is 0.634. The van der Waals surface area contributed by atoms with E-state index in [9.17, 15) is 14.4 Å². The van der Waals surface area contributed by atoms with Gasteiger partial charge in [-0.15, -0.1) is 11.3 Å². The molecule has 0 bridgehead atoms. The number of fused-ring (bicyclic) bond motifs is 1. The number of hydrogen-bond acceptors (Lipinski definition) is 5. The second kappa shape index (κ2) is 5.83. The Balaban J connectivity index is 2.10. The summed E-state index contributed by atoms with van der Waals surface area (Å²) >= 11 is 1.41. The molecule has 0 N–H and O–H groups in total. The first-order chi connectivity index (χ1) is 10.5. The highest BCUT2D eigenvalue weighted by Gasteiger charge is 2.38. The van der Waals surface area contributed by atoms with Gasteiger partial charge >= 0.3 is 5.97 Å². The molecule has 1 aliphatic carbocycles. The summed E-state index contributed by atoms with van der Waals surface area (Å²) in [5.74, 6) is -0.305. The van der Waals surface area contributed by atoms with Crippen LogP contribution in [-0.2, 0) is 27.2 Å². The molecule has 0 saturated carbocycles. The lowest BCUT2D eigenvalue weighted by Crippen LogP contribution is -2.29. The molecule has 6 heteroatoms. The molecule has 1 atom stereocenters. The van der Waals surface area contributed by atoms with E-state index >= 15 is 0 Å². The van der Waals surface area contributed by atoms with Crippen molar-refractivity contribution >= 4 is 34.1 Å². The smallest absolute Gasteiger partial charge is 0.341 e. The largest absolute Gasteiger partial charge is 0.462 e. The third kappa shape index (κ3) is 2.45. The molecule has 2 aliphatic rings. The first-order valence-electron chi connectivity index (χ1n) is 7.70. The van der Waals surface area contributed by atoms with E-state index in [1.54, 1.807) is 6.92 Å². The second-order valence-corrected chi connectivity index (χ2v) is 6.96. The molecular weight excluding hydrogens is 302 g/mol. The number of nitrogens with zero attached hydrogens (tertiary/aromatic N) is 1. The first kappa shape index (κ1) is 15.2. The van der Waals surface area contributed by atoms with Gasteiger partial charge in [-0.05, 0) is 37.7 Å². The minimum absolute atomic E-state index is 0.220. The summed E-state index contributed by atoms with van der Waals surface area (Å²) in [7, 11) is 0. The SMILES string of the molecule is CCOC(=O)c1c(N2C(=O)CCC2=O)sc2c1CCC(C)C2. The molecular formula is C16H19NO4S. The van der Waals surface area contributed by atoms with Crippen molar-refractivity contribution in [2.75, 3.05) is 11.5 Å². The van der Waals surface area contributed by atoms with Crippen LogP contribution in [0.15, 0.2) is 0 Å². The van der Waals surface area contributed by atoms with Gasteiger partial charge in [-0.2, -0.15) is 0 Å². The zero-order chi connectivity index (χ0) is 15.9. The molecule has 1 saturated heterocycles. The fourth-order valence-corrected chi connectivity index (χ4v) is 4.64. The molecule has 1 aromatic heterocycles. The number of imide groups is 1. The third-order valence-corrected chi connectivity index (χ3v) is 5.47. The molecule has 1 fully saturated rings. The van der Waals surface area contributed by atoms with E-state index in [4.69, 9.17) is 4.74 Å². The first-order valence-corrected chi connectivity index (χ1v) is 8.52. The minimum Gasteiger partial charge on any atom is -0.462 e. The Morgan fingerprint density at radius 3 is 2.59 bits per heavy atom. The van der Waals surface area contributed by atoms with E-state index in [2.05, 4.69) is 6.92 Å². The summed E-state index contributed by atoms with van der Waals surface area (Å²) in [6.07, 6.45) is 3.15. The number of thiophene rings is 1. The number of esters is 1. The average Bonchev–Trinajstić information content (AvgIpc) is 2.98. The second-order valence-electron chi connectivity index (χ2n) is 5.88. The van der Waals surface area contributed by atoms with Crippen LogP contribution in [0.25, 0.3) is 0 Å². The Morgan fingerprint density at radius 2 is 1.95 bits per heavy atom. The van der Waals surface area contributed by atoms with Crippen LogP contribution in [-0.4, -0.2) is 24.4 Å². The Labute approximate surface area is 133 Å². The maximum atomic E-state index is 12.4. The van der Waals surface area contributed by atoms with Gasteiger partial charge in [-0.25, -0.2) is 9.69 Å². The molecule has 0 radical (unpaired) electrons. The molecule has 3 rings (SSSR count). The Kier molecular flexibility index (Phi) is 4.04. The normalized spacial score (nSPS) is 21.2. The lowest BCUT2D eigenvalue weighted by atomic mass is 9.88. The number of ether oxygens (including phenoxy) is 1. The van der Waals surface area contributed by atoms with E-state index in [1.807, 2.05) is 0 Å². The van der Waals surface area contributed by atoms with Crippen LogP contribution in [0.1, 0.15) is 53.9 Å². The molecule has 118 valence electrons. The summed E-state index contributed by atoms with van der Waals surface area (Å²) < 4.78 is 5.17. The van der Waals surface area contributed by atoms with Crippen LogP contribution in [0.5, 0.6) is 0 Å². The fraction of sp³-hybridized carbons (Fsp3) is 0.562. The number of anilines is 1. The van der Waals surface area contributed by atoms with Gasteiger partial charge in [-0.1, -0.05) is 6.92 Å². The predicted octanol–water partition coefficient (Wildman–Crippen LogP) is 2.70. The number of amides is 2. The summed E-state index contributed by atoms with van der Waals surface area (Å²) in [6.45, 7) is 4.21. The van der Waals surface area contributed by atoms with Crippen molar-refractivity contribution in [1.82, 2.24) is 0 Å². The van der Waals surface area contributed by atoms with Crippen LogP contribution in [0.4, 0.5) is 5.00 Å². The van der Waals surface area contributed by atoms with Crippen molar-refractivity contribution < 1.29 is 19.1 Å². The topological polar surface area (TPSA) is 63.7 Å². The molecule has 0 aromatic carbocycles. The van der Waals surface area contributed by atoms with Gasteiger partial charge in [0.25, 0.3) is 0 Å². The van der Waals surface area contributed by atoms with Crippen LogP contribution in [0.2, 0.25) is 0 Å². The molecule has 2 heterocycles. The van der Waals surface area contributed by atoms with Gasteiger partial charge in [0.15, 0.2) is 0 Å². The van der Waals surface area contributed by atoms with Gasteiger partial charge in [-0.3, -0.25) is 9.59 Å². The fourth-order valence-electron chi connectivity index (χ4n) is 3.11. The Bertz CT molecular complexity index is 633. The monoisotopic (exact) mass is 321 g/mol. The molecule has 5 nitrogen and oxygen atoms in total. The van der Waals surface area contributed by atoms with Crippen LogP contribution in [0, 0.1) is 5.92 Å². The Morgan fingerprint density at radius 1 is 1.27 bits per heavy atom. The van der Waals surface area contributed by atoms with Gasteiger partial charge in [0, 0.05) is 17.7 Å². The highest BCUT2D eigenvalue weighted by Crippen LogP contribution is 2.43. The zero-order valence-corrected chi connectivity index (χ0v) is 13.6. The predicted molar refractivity (Wildman–Crippen MR) is 83.2 cm³/mol. The number of carbonyl (C=O) groups excluding carboxylic acids is 3. The van der Waals surface area contributed by atoms with E-state index in [0.717, 1.165) is 29.7 Å². The van der Waals surface area contributed by atoms with E-state index < -0.39 is 5.97 Å². The lowest BCUT2D eigenvalue weighted by Gasteiger charge is -2.18. The number of rotatable bonds is 3. The lowest BCUT2D eigenvalue weighted by molar-refractivity contribution is -0.121. The van der Waals surface area contributed by atoms with E-state index in [-0.39, 0.29) is 31.3 Å². The van der Waals surface area contributed by atoms with E-state index in [0.29, 0.717) is 16.5 Å². The van der Waals surface area contributed by atoms with Crippen LogP contribution >= 0.6 is 11.3 Å². The summed E-state index contributed by atoms with van der Waals surface area (Å²) in [6, 6.07) is 0. The highest BCUT2D eigenvalue weighted by molar-refractivity contribution is 7.17. The zero-order valence-electron chi connectivity index (χ0n) is 12.8. The summed E-state index contributed by atoms with van der Waals surface area (Å²) in [5, 5.41) is 0.477. The Hall–Kier alpha value is -1.69. The van der Waals surface area contributed by atoms with Crippen molar-refractivity contribution in [1.29, 1.82) is 0 Å². The maximum absolute atomic E-state index is 12.4. The van der Waals surface area contributed by atoms with Crippen LogP contribution < -0.4 is 4.90 Å². The highest BCUT2D eigenvalue weighted by atomic mass is 32.1. The average molecular weight is 321 g/mol. The minimum atomic E-state index is -0.419. The van der Waals surface area contributed by atoms with Crippen molar-refractivity contribution in [2.45, 2.75) is 46.0 Å². The van der Waals surface area contributed by atoms with Gasteiger partial charge in [0.1, 0.15) is 5.00 Å². The van der Waals surface area contributed by atoms with Gasteiger partial charge in [0.05, 0.1) is 12.2 Å². The van der Waals surface area contributed by atoms with E-state index in [1.165, 1.54) is 16.2 Å². The van der Waals surface area contributed by atoms with Crippen molar-refractivity contribution in [2.24, 2.45) is 5.92 Å². The molecule has 0 spiro atoms. The molecule has 22 heavy (non-hydrogen) atoms.